The summed E-state index contributed by atoms with van der Waals surface area (Å²) in [6, 6.07) is 8.09. The molecule has 0 aliphatic carbocycles. The van der Waals surface area contributed by atoms with Crippen molar-refractivity contribution in [1.29, 1.82) is 0 Å². The van der Waals surface area contributed by atoms with Crippen LogP contribution in [0.2, 0.25) is 0 Å². The highest BCUT2D eigenvalue weighted by atomic mass is 16.5. The summed E-state index contributed by atoms with van der Waals surface area (Å²) in [6.07, 6.45) is -0.233. The highest BCUT2D eigenvalue weighted by Crippen LogP contribution is 2.13. The van der Waals surface area contributed by atoms with Gasteiger partial charge >= 0.3 is 5.97 Å². The Bertz CT molecular complexity index is 444. The summed E-state index contributed by atoms with van der Waals surface area (Å²) in [6.45, 7) is 5.31. The number of amides is 1. The summed E-state index contributed by atoms with van der Waals surface area (Å²) in [4.78, 5) is 23.2. The minimum Gasteiger partial charge on any atom is -0.481 e. The molecule has 110 valence electrons. The van der Waals surface area contributed by atoms with Crippen LogP contribution in [0.4, 0.5) is 0 Å². The van der Waals surface area contributed by atoms with E-state index in [1.165, 1.54) is 0 Å². The molecule has 0 radical (unpaired) electrons. The third-order valence-electron chi connectivity index (χ3n) is 2.92. The number of carbonyl (C=O) groups excluding carboxylic acids is 1. The number of carboxylic acids is 1. The van der Waals surface area contributed by atoms with E-state index in [1.807, 2.05) is 25.1 Å². The molecular weight excluding hydrogens is 258 g/mol. The monoisotopic (exact) mass is 279 g/mol. The summed E-state index contributed by atoms with van der Waals surface area (Å²) in [5.41, 5.74) is 0. The van der Waals surface area contributed by atoms with Crippen LogP contribution in [0.5, 0.6) is 5.75 Å². The predicted octanol–water partition coefficient (Wildman–Crippen LogP) is 2.07. The Balaban J connectivity index is 2.69. The maximum atomic E-state index is 12.1. The fourth-order valence-corrected chi connectivity index (χ4v) is 1.75. The number of carboxylic acid groups (broad SMARTS) is 1. The second-order valence-electron chi connectivity index (χ2n) is 4.90. The molecule has 0 bridgehead atoms. The van der Waals surface area contributed by atoms with Crippen molar-refractivity contribution in [3.63, 3.8) is 0 Å². The first-order chi connectivity index (χ1) is 9.45. The zero-order valence-electron chi connectivity index (χ0n) is 12.0. The number of hydrogen-bond acceptors (Lipinski definition) is 3. The molecule has 1 unspecified atom stereocenters. The summed E-state index contributed by atoms with van der Waals surface area (Å²) < 4.78 is 5.58. The molecular formula is C15H21NO4. The predicted molar refractivity (Wildman–Crippen MR) is 75.6 cm³/mol. The van der Waals surface area contributed by atoms with E-state index in [0.29, 0.717) is 12.2 Å². The topological polar surface area (TPSA) is 75.6 Å². The summed E-state index contributed by atoms with van der Waals surface area (Å²) in [7, 11) is 0. The summed E-state index contributed by atoms with van der Waals surface area (Å²) in [5, 5.41) is 11.6. The van der Waals surface area contributed by atoms with Crippen LogP contribution in [0.15, 0.2) is 30.3 Å². The Morgan fingerprint density at radius 2 is 1.85 bits per heavy atom. The lowest BCUT2D eigenvalue weighted by atomic mass is 10.0. The van der Waals surface area contributed by atoms with Gasteiger partial charge in [0.15, 0.2) is 6.10 Å². The minimum absolute atomic E-state index is 0.189. The summed E-state index contributed by atoms with van der Waals surface area (Å²) >= 11 is 0. The second kappa shape index (κ2) is 7.53. The molecule has 0 saturated carbocycles. The van der Waals surface area contributed by atoms with Crippen LogP contribution in [-0.4, -0.2) is 29.1 Å². The fraction of sp³-hybridized carbons (Fsp3) is 0.467. The van der Waals surface area contributed by atoms with E-state index in [2.05, 4.69) is 5.32 Å². The molecule has 0 spiro atoms. The Kier molecular flexibility index (Phi) is 6.03. The van der Waals surface area contributed by atoms with E-state index in [1.54, 1.807) is 26.0 Å². The smallest absolute Gasteiger partial charge is 0.326 e. The van der Waals surface area contributed by atoms with Crippen molar-refractivity contribution in [2.45, 2.75) is 39.3 Å². The molecule has 1 amide bonds. The van der Waals surface area contributed by atoms with Gasteiger partial charge in [-0.1, -0.05) is 39.0 Å². The minimum atomic E-state index is -1.04. The van der Waals surface area contributed by atoms with E-state index in [9.17, 15) is 9.59 Å². The molecule has 1 aromatic rings. The largest absolute Gasteiger partial charge is 0.481 e. The van der Waals surface area contributed by atoms with Gasteiger partial charge < -0.3 is 15.2 Å². The van der Waals surface area contributed by atoms with Crippen LogP contribution in [0, 0.1) is 5.92 Å². The van der Waals surface area contributed by atoms with Crippen molar-refractivity contribution in [2.24, 2.45) is 5.92 Å². The number of ether oxygens (including phenoxy) is 1. The van der Waals surface area contributed by atoms with Gasteiger partial charge in [-0.3, -0.25) is 4.79 Å². The molecule has 5 heteroatoms. The molecule has 0 aliphatic rings. The molecule has 2 N–H and O–H groups in total. The number of nitrogens with one attached hydrogen (secondary N) is 1. The molecule has 1 aromatic carbocycles. The quantitative estimate of drug-likeness (QED) is 0.801. The lowest BCUT2D eigenvalue weighted by molar-refractivity contribution is -0.144. The van der Waals surface area contributed by atoms with Gasteiger partial charge in [0.05, 0.1) is 0 Å². The van der Waals surface area contributed by atoms with Gasteiger partial charge in [-0.2, -0.15) is 0 Å². The third kappa shape index (κ3) is 4.57. The molecule has 0 fully saturated rings. The average Bonchev–Trinajstić information content (AvgIpc) is 2.42. The summed E-state index contributed by atoms with van der Waals surface area (Å²) in [5.74, 6) is -1.04. The van der Waals surface area contributed by atoms with Crippen LogP contribution in [-0.2, 0) is 9.59 Å². The zero-order chi connectivity index (χ0) is 15.1. The number of benzene rings is 1. The highest BCUT2D eigenvalue weighted by molar-refractivity contribution is 5.86. The van der Waals surface area contributed by atoms with Gasteiger partial charge in [0.25, 0.3) is 5.91 Å². The molecule has 1 rings (SSSR count). The highest BCUT2D eigenvalue weighted by Gasteiger charge is 2.27. The van der Waals surface area contributed by atoms with Crippen molar-refractivity contribution in [2.75, 3.05) is 0 Å². The third-order valence-corrected chi connectivity index (χ3v) is 2.92. The first-order valence-corrected chi connectivity index (χ1v) is 6.70. The van der Waals surface area contributed by atoms with Crippen LogP contribution in [0.3, 0.4) is 0 Å². The number of carbonyl (C=O) groups is 2. The van der Waals surface area contributed by atoms with Crippen LogP contribution in [0.1, 0.15) is 27.2 Å². The molecule has 0 aliphatic heterocycles. The van der Waals surface area contributed by atoms with Crippen molar-refractivity contribution in [3.8, 4) is 5.75 Å². The van der Waals surface area contributed by atoms with Gasteiger partial charge in [-0.25, -0.2) is 4.79 Å². The fourth-order valence-electron chi connectivity index (χ4n) is 1.75. The van der Waals surface area contributed by atoms with Gasteiger partial charge in [0.1, 0.15) is 11.8 Å². The Labute approximate surface area is 118 Å². The van der Waals surface area contributed by atoms with Gasteiger partial charge in [0.2, 0.25) is 0 Å². The lowest BCUT2D eigenvalue weighted by Gasteiger charge is -2.22. The average molecular weight is 279 g/mol. The van der Waals surface area contributed by atoms with Gasteiger partial charge in [0, 0.05) is 0 Å². The molecule has 0 saturated heterocycles. The molecule has 0 aromatic heterocycles. The Morgan fingerprint density at radius 1 is 1.25 bits per heavy atom. The van der Waals surface area contributed by atoms with Gasteiger partial charge in [-0.15, -0.1) is 0 Å². The number of para-hydroxylation sites is 1. The zero-order valence-corrected chi connectivity index (χ0v) is 12.0. The lowest BCUT2D eigenvalue weighted by Crippen LogP contribution is -2.49. The van der Waals surface area contributed by atoms with E-state index >= 15 is 0 Å². The van der Waals surface area contributed by atoms with Crippen molar-refractivity contribution >= 4 is 11.9 Å². The Hall–Kier alpha value is -2.04. The number of hydrogen-bond donors (Lipinski definition) is 2. The Morgan fingerprint density at radius 3 is 2.30 bits per heavy atom. The molecule has 5 nitrogen and oxygen atoms in total. The van der Waals surface area contributed by atoms with Crippen molar-refractivity contribution in [1.82, 2.24) is 5.32 Å². The SMILES string of the molecule is CCC(Oc1ccccc1)C(=O)N[C@@H](C(=O)O)C(C)C. The van der Waals surface area contributed by atoms with Crippen molar-refractivity contribution < 1.29 is 19.4 Å². The maximum Gasteiger partial charge on any atom is 0.326 e. The standard InChI is InChI=1S/C15H21NO4/c1-4-12(20-11-8-6-5-7-9-11)14(17)16-13(10(2)3)15(18)19/h5-10,12-13H,4H2,1-3H3,(H,16,17)(H,18,19)/t12?,13-/m1/s1. The number of rotatable bonds is 7. The second-order valence-corrected chi connectivity index (χ2v) is 4.90. The molecule has 20 heavy (non-hydrogen) atoms. The van der Waals surface area contributed by atoms with E-state index in [4.69, 9.17) is 9.84 Å². The van der Waals surface area contributed by atoms with Crippen LogP contribution in [0.25, 0.3) is 0 Å². The molecule has 0 heterocycles. The normalized spacial score (nSPS) is 13.6. The van der Waals surface area contributed by atoms with E-state index < -0.39 is 24.0 Å². The maximum absolute atomic E-state index is 12.1. The van der Waals surface area contributed by atoms with E-state index in [0.717, 1.165) is 0 Å². The van der Waals surface area contributed by atoms with Crippen LogP contribution >= 0.6 is 0 Å². The molecule has 2 atom stereocenters. The first-order valence-electron chi connectivity index (χ1n) is 6.70. The van der Waals surface area contributed by atoms with Crippen LogP contribution < -0.4 is 10.1 Å². The van der Waals surface area contributed by atoms with E-state index in [-0.39, 0.29) is 5.92 Å². The first kappa shape index (κ1) is 16.0. The van der Waals surface area contributed by atoms with Gasteiger partial charge in [-0.05, 0) is 24.5 Å². The number of aliphatic carboxylic acids is 1. The van der Waals surface area contributed by atoms with Crippen molar-refractivity contribution in [3.05, 3.63) is 30.3 Å².